The topological polar surface area (TPSA) is 24.1 Å². The summed E-state index contributed by atoms with van der Waals surface area (Å²) in [6.45, 7) is 6.49. The second-order valence-corrected chi connectivity index (χ2v) is 4.20. The van der Waals surface area contributed by atoms with Crippen molar-refractivity contribution in [2.75, 3.05) is 19.0 Å². The highest BCUT2D eigenvalue weighted by Crippen LogP contribution is 2.07. The molecule has 0 saturated carbocycles. The monoisotopic (exact) mass is 248 g/mol. The zero-order valence-electron chi connectivity index (χ0n) is 8.10. The quantitative estimate of drug-likeness (QED) is 0.730. The van der Waals surface area contributed by atoms with E-state index in [1.807, 2.05) is 0 Å². The fraction of sp³-hybridized carbons (Fsp3) is 1.00. The zero-order chi connectivity index (χ0) is 8.32. The number of nitrogens with one attached hydrogen (secondary N) is 2. The van der Waals surface area contributed by atoms with Crippen LogP contribution in [0.5, 0.6) is 0 Å². The Labute approximate surface area is 98.0 Å². The Balaban J connectivity index is 0. The molecule has 5 heteroatoms. The second-order valence-electron chi connectivity index (χ2n) is 3.82. The number of alkyl halides is 1. The fourth-order valence-electron chi connectivity index (χ4n) is 1.27. The summed E-state index contributed by atoms with van der Waals surface area (Å²) in [6, 6.07) is 0.570. The molecular formula is C8H19Cl3N2. The van der Waals surface area contributed by atoms with Crippen molar-refractivity contribution in [2.24, 2.45) is 0 Å². The molecule has 1 aliphatic rings. The van der Waals surface area contributed by atoms with Crippen molar-refractivity contribution in [1.29, 1.82) is 0 Å². The van der Waals surface area contributed by atoms with Crippen LogP contribution in [0.1, 0.15) is 20.3 Å². The molecule has 0 aromatic carbocycles. The lowest BCUT2D eigenvalue weighted by Crippen LogP contribution is -2.59. The molecule has 1 aliphatic heterocycles. The van der Waals surface area contributed by atoms with Gasteiger partial charge in [0.2, 0.25) is 0 Å². The van der Waals surface area contributed by atoms with Gasteiger partial charge in [0, 0.05) is 30.6 Å². The molecule has 1 saturated heterocycles. The Kier molecular flexibility index (Phi) is 8.90. The molecule has 0 amide bonds. The van der Waals surface area contributed by atoms with Crippen LogP contribution in [0, 0.1) is 0 Å². The molecule has 0 bridgehead atoms. The molecule has 1 atom stereocenters. The van der Waals surface area contributed by atoms with Crippen LogP contribution in [0.3, 0.4) is 0 Å². The third kappa shape index (κ3) is 5.97. The zero-order valence-corrected chi connectivity index (χ0v) is 10.5. The van der Waals surface area contributed by atoms with Gasteiger partial charge in [-0.2, -0.15) is 0 Å². The van der Waals surface area contributed by atoms with Crippen molar-refractivity contribution in [3.8, 4) is 0 Å². The third-order valence-corrected chi connectivity index (χ3v) is 2.34. The van der Waals surface area contributed by atoms with Gasteiger partial charge in [0.05, 0.1) is 0 Å². The first kappa shape index (κ1) is 16.2. The lowest BCUT2D eigenvalue weighted by molar-refractivity contribution is 0.269. The van der Waals surface area contributed by atoms with E-state index in [-0.39, 0.29) is 30.4 Å². The van der Waals surface area contributed by atoms with Gasteiger partial charge < -0.3 is 10.6 Å². The first-order chi connectivity index (χ1) is 5.14. The van der Waals surface area contributed by atoms with Gasteiger partial charge in [-0.05, 0) is 20.3 Å². The summed E-state index contributed by atoms with van der Waals surface area (Å²) in [5, 5.41) is 6.94. The maximum atomic E-state index is 5.64. The van der Waals surface area contributed by atoms with Gasteiger partial charge in [-0.3, -0.25) is 0 Å². The van der Waals surface area contributed by atoms with E-state index in [1.165, 1.54) is 0 Å². The van der Waals surface area contributed by atoms with Crippen molar-refractivity contribution in [1.82, 2.24) is 10.6 Å². The minimum atomic E-state index is 0. The largest absolute Gasteiger partial charge is 0.311 e. The maximum absolute atomic E-state index is 5.64. The van der Waals surface area contributed by atoms with Gasteiger partial charge in [0.1, 0.15) is 0 Å². The smallest absolute Gasteiger partial charge is 0.0250 e. The number of hydrogen-bond acceptors (Lipinski definition) is 2. The predicted octanol–water partition coefficient (Wildman–Crippen LogP) is 1.80. The van der Waals surface area contributed by atoms with Crippen molar-refractivity contribution < 1.29 is 0 Å². The van der Waals surface area contributed by atoms with E-state index in [0.29, 0.717) is 6.04 Å². The molecule has 1 rings (SSSR count). The van der Waals surface area contributed by atoms with Crippen molar-refractivity contribution >= 4 is 36.4 Å². The highest BCUT2D eigenvalue weighted by atomic mass is 35.5. The number of hydrogen-bond donors (Lipinski definition) is 2. The number of halogens is 3. The highest BCUT2D eigenvalue weighted by Gasteiger charge is 2.24. The molecule has 82 valence electrons. The number of rotatable bonds is 2. The van der Waals surface area contributed by atoms with Crippen LogP contribution in [0.25, 0.3) is 0 Å². The Bertz CT molecular complexity index is 121. The number of piperazine rings is 1. The molecule has 0 spiro atoms. The van der Waals surface area contributed by atoms with Gasteiger partial charge >= 0.3 is 0 Å². The predicted molar refractivity (Wildman–Crippen MR) is 63.7 cm³/mol. The molecule has 0 radical (unpaired) electrons. The van der Waals surface area contributed by atoms with Crippen molar-refractivity contribution in [3.05, 3.63) is 0 Å². The summed E-state index contributed by atoms with van der Waals surface area (Å²) in [5.41, 5.74) is 0.253. The molecule has 0 aromatic rings. The second kappa shape index (κ2) is 7.13. The Morgan fingerprint density at radius 3 is 2.38 bits per heavy atom. The molecule has 0 aliphatic carbocycles. The van der Waals surface area contributed by atoms with E-state index < -0.39 is 0 Å². The SMILES string of the molecule is CC1(C)CNC(CCCl)CN1.Cl.Cl. The van der Waals surface area contributed by atoms with E-state index in [1.54, 1.807) is 0 Å². The molecule has 1 fully saturated rings. The Morgan fingerprint density at radius 2 is 2.00 bits per heavy atom. The summed E-state index contributed by atoms with van der Waals surface area (Å²) in [4.78, 5) is 0. The van der Waals surface area contributed by atoms with Crippen LogP contribution in [0.2, 0.25) is 0 Å². The summed E-state index contributed by atoms with van der Waals surface area (Å²) in [6.07, 6.45) is 1.06. The fourth-order valence-corrected chi connectivity index (χ4v) is 1.53. The van der Waals surface area contributed by atoms with Gasteiger partial charge in [-0.25, -0.2) is 0 Å². The van der Waals surface area contributed by atoms with Crippen LogP contribution in [0.4, 0.5) is 0 Å². The molecular weight excluding hydrogens is 230 g/mol. The summed E-state index contributed by atoms with van der Waals surface area (Å²) in [5.74, 6) is 0.750. The highest BCUT2D eigenvalue weighted by molar-refractivity contribution is 6.17. The average molecular weight is 250 g/mol. The average Bonchev–Trinajstić information content (AvgIpc) is 1.94. The summed E-state index contributed by atoms with van der Waals surface area (Å²) in [7, 11) is 0. The van der Waals surface area contributed by atoms with Crippen LogP contribution in [0.15, 0.2) is 0 Å². The summed E-state index contributed by atoms with van der Waals surface area (Å²) >= 11 is 5.64. The van der Waals surface area contributed by atoms with Crippen LogP contribution >= 0.6 is 36.4 Å². The van der Waals surface area contributed by atoms with E-state index in [9.17, 15) is 0 Å². The molecule has 1 unspecified atom stereocenters. The van der Waals surface area contributed by atoms with E-state index in [4.69, 9.17) is 11.6 Å². The van der Waals surface area contributed by atoms with Gasteiger partial charge in [0.25, 0.3) is 0 Å². The standard InChI is InChI=1S/C8H17ClN2.2ClH/c1-8(2)6-10-7(3-4-9)5-11-8;;/h7,10-11H,3-6H2,1-2H3;2*1H. The normalized spacial score (nSPS) is 25.6. The third-order valence-electron chi connectivity index (χ3n) is 2.12. The van der Waals surface area contributed by atoms with Crippen molar-refractivity contribution in [2.45, 2.75) is 31.8 Å². The first-order valence-corrected chi connectivity index (χ1v) is 4.72. The van der Waals surface area contributed by atoms with Gasteiger partial charge in [-0.1, -0.05) is 0 Å². The van der Waals surface area contributed by atoms with E-state index >= 15 is 0 Å². The Hall–Kier alpha value is 0.790. The molecule has 0 aromatic heterocycles. The summed E-state index contributed by atoms with van der Waals surface area (Å²) < 4.78 is 0. The minimum Gasteiger partial charge on any atom is -0.311 e. The van der Waals surface area contributed by atoms with Gasteiger partial charge in [-0.15, -0.1) is 36.4 Å². The minimum absolute atomic E-state index is 0. The molecule has 13 heavy (non-hydrogen) atoms. The molecule has 2 N–H and O–H groups in total. The lowest BCUT2D eigenvalue weighted by atomic mass is 10.0. The van der Waals surface area contributed by atoms with E-state index in [2.05, 4.69) is 24.5 Å². The van der Waals surface area contributed by atoms with Crippen molar-refractivity contribution in [3.63, 3.8) is 0 Å². The van der Waals surface area contributed by atoms with Crippen LogP contribution in [-0.2, 0) is 0 Å². The molecule has 2 nitrogen and oxygen atoms in total. The Morgan fingerprint density at radius 1 is 1.38 bits per heavy atom. The van der Waals surface area contributed by atoms with Crippen LogP contribution in [-0.4, -0.2) is 30.6 Å². The first-order valence-electron chi connectivity index (χ1n) is 4.18. The van der Waals surface area contributed by atoms with Crippen LogP contribution < -0.4 is 10.6 Å². The van der Waals surface area contributed by atoms with E-state index in [0.717, 1.165) is 25.4 Å². The lowest BCUT2D eigenvalue weighted by Gasteiger charge is -2.36. The maximum Gasteiger partial charge on any atom is 0.0250 e. The molecule has 1 heterocycles. The van der Waals surface area contributed by atoms with Gasteiger partial charge in [0.15, 0.2) is 0 Å².